The number of hydrogen-bond acceptors (Lipinski definition) is 3. The summed E-state index contributed by atoms with van der Waals surface area (Å²) in [4.78, 5) is 25.3. The molecule has 1 aromatic rings. The van der Waals surface area contributed by atoms with Crippen LogP contribution in [0.3, 0.4) is 0 Å². The highest BCUT2D eigenvalue weighted by Crippen LogP contribution is 2.17. The Kier molecular flexibility index (Phi) is 7.59. The van der Waals surface area contributed by atoms with E-state index in [1.165, 1.54) is 6.92 Å². The third-order valence-corrected chi connectivity index (χ3v) is 3.04. The summed E-state index contributed by atoms with van der Waals surface area (Å²) in [5.41, 5.74) is 0.656. The first-order chi connectivity index (χ1) is 10.8. The lowest BCUT2D eigenvalue weighted by Gasteiger charge is -2.26. The van der Waals surface area contributed by atoms with E-state index in [0.717, 1.165) is 13.1 Å². The molecule has 0 aliphatic rings. The molecule has 0 aliphatic heterocycles. The molecule has 0 saturated heterocycles. The number of nitrogens with zero attached hydrogens (tertiary/aromatic N) is 1. The number of amides is 2. The van der Waals surface area contributed by atoms with Crippen molar-refractivity contribution < 1.29 is 14.3 Å². The standard InChI is InChI=1S/C18H28N2O3/c1-13(2)10-20(11-14(3)4)18(22)12-23-17-8-6-7-16(9-17)19-15(5)21/h6-9,13-14H,10-12H2,1-5H3,(H,19,21). The topological polar surface area (TPSA) is 58.6 Å². The molecule has 128 valence electrons. The first-order valence-corrected chi connectivity index (χ1v) is 8.06. The molecule has 0 atom stereocenters. The van der Waals surface area contributed by atoms with Crippen molar-refractivity contribution in [2.45, 2.75) is 34.6 Å². The van der Waals surface area contributed by atoms with Gasteiger partial charge in [-0.1, -0.05) is 33.8 Å². The van der Waals surface area contributed by atoms with Gasteiger partial charge in [0.25, 0.3) is 5.91 Å². The predicted octanol–water partition coefficient (Wildman–Crippen LogP) is 3.16. The molecule has 0 aliphatic carbocycles. The number of benzene rings is 1. The Hall–Kier alpha value is -2.04. The maximum atomic E-state index is 12.4. The van der Waals surface area contributed by atoms with Gasteiger partial charge < -0.3 is 15.0 Å². The molecule has 0 spiro atoms. The number of carbonyl (C=O) groups excluding carboxylic acids is 2. The van der Waals surface area contributed by atoms with Crippen LogP contribution in [0, 0.1) is 11.8 Å². The lowest BCUT2D eigenvalue weighted by Crippen LogP contribution is -2.39. The van der Waals surface area contributed by atoms with Crippen molar-refractivity contribution in [3.63, 3.8) is 0 Å². The molecule has 1 N–H and O–H groups in total. The Labute approximate surface area is 139 Å². The molecule has 0 heterocycles. The zero-order chi connectivity index (χ0) is 17.4. The van der Waals surface area contributed by atoms with Gasteiger partial charge in [-0.2, -0.15) is 0 Å². The van der Waals surface area contributed by atoms with E-state index in [1.54, 1.807) is 24.3 Å². The quantitative estimate of drug-likeness (QED) is 0.800. The maximum absolute atomic E-state index is 12.4. The van der Waals surface area contributed by atoms with Crippen molar-refractivity contribution in [2.75, 3.05) is 25.0 Å². The van der Waals surface area contributed by atoms with Gasteiger partial charge in [0.2, 0.25) is 5.91 Å². The van der Waals surface area contributed by atoms with Crippen molar-refractivity contribution in [1.29, 1.82) is 0 Å². The number of carbonyl (C=O) groups is 2. The Morgan fingerprint density at radius 2 is 1.74 bits per heavy atom. The molecule has 1 aromatic carbocycles. The first-order valence-electron chi connectivity index (χ1n) is 8.06. The number of ether oxygens (including phenoxy) is 1. The van der Waals surface area contributed by atoms with Crippen LogP contribution < -0.4 is 10.1 Å². The molecule has 0 unspecified atom stereocenters. The van der Waals surface area contributed by atoms with Crippen LogP contribution in [0.1, 0.15) is 34.6 Å². The van der Waals surface area contributed by atoms with E-state index in [2.05, 4.69) is 33.0 Å². The summed E-state index contributed by atoms with van der Waals surface area (Å²) >= 11 is 0. The molecule has 5 nitrogen and oxygen atoms in total. The van der Waals surface area contributed by atoms with E-state index in [0.29, 0.717) is 23.3 Å². The fourth-order valence-corrected chi connectivity index (χ4v) is 2.26. The zero-order valence-electron chi connectivity index (χ0n) is 14.8. The largest absolute Gasteiger partial charge is 0.484 e. The van der Waals surface area contributed by atoms with Gasteiger partial charge in [-0.15, -0.1) is 0 Å². The fourth-order valence-electron chi connectivity index (χ4n) is 2.26. The monoisotopic (exact) mass is 320 g/mol. The van der Waals surface area contributed by atoms with E-state index < -0.39 is 0 Å². The van der Waals surface area contributed by atoms with Crippen molar-refractivity contribution >= 4 is 17.5 Å². The summed E-state index contributed by atoms with van der Waals surface area (Å²) in [5, 5.41) is 2.69. The minimum atomic E-state index is -0.140. The van der Waals surface area contributed by atoms with E-state index >= 15 is 0 Å². The molecule has 2 amide bonds. The molecule has 0 fully saturated rings. The minimum absolute atomic E-state index is 0.00294. The van der Waals surface area contributed by atoms with Crippen LogP contribution in [-0.2, 0) is 9.59 Å². The van der Waals surface area contributed by atoms with Gasteiger partial charge in [-0.25, -0.2) is 0 Å². The molecule has 0 saturated carbocycles. The summed E-state index contributed by atoms with van der Waals surface area (Å²) in [6.07, 6.45) is 0. The fraction of sp³-hybridized carbons (Fsp3) is 0.556. The Bertz CT molecular complexity index is 517. The highest BCUT2D eigenvalue weighted by atomic mass is 16.5. The number of hydrogen-bond donors (Lipinski definition) is 1. The highest BCUT2D eigenvalue weighted by Gasteiger charge is 2.16. The van der Waals surface area contributed by atoms with Crippen molar-refractivity contribution in [3.8, 4) is 5.75 Å². The molecule has 0 radical (unpaired) electrons. The second-order valence-corrected chi connectivity index (χ2v) is 6.58. The number of anilines is 1. The summed E-state index contributed by atoms with van der Waals surface area (Å²) in [7, 11) is 0. The van der Waals surface area contributed by atoms with E-state index in [9.17, 15) is 9.59 Å². The van der Waals surface area contributed by atoms with Crippen molar-refractivity contribution in [1.82, 2.24) is 4.90 Å². The normalized spacial score (nSPS) is 10.7. The van der Waals surface area contributed by atoms with Crippen LogP contribution >= 0.6 is 0 Å². The Morgan fingerprint density at radius 3 is 2.26 bits per heavy atom. The molecule has 23 heavy (non-hydrogen) atoms. The second kappa shape index (κ2) is 9.18. The first kappa shape index (κ1) is 19.0. The Morgan fingerprint density at radius 1 is 1.13 bits per heavy atom. The maximum Gasteiger partial charge on any atom is 0.260 e. The summed E-state index contributed by atoms with van der Waals surface area (Å²) in [6, 6.07) is 7.04. The summed E-state index contributed by atoms with van der Waals surface area (Å²) in [5.74, 6) is 1.25. The lowest BCUT2D eigenvalue weighted by molar-refractivity contribution is -0.134. The summed E-state index contributed by atoms with van der Waals surface area (Å²) in [6.45, 7) is 11.3. The van der Waals surface area contributed by atoms with Gasteiger partial charge in [-0.05, 0) is 24.0 Å². The van der Waals surface area contributed by atoms with Crippen LogP contribution in [0.4, 0.5) is 5.69 Å². The molecule has 5 heteroatoms. The Balaban J connectivity index is 2.63. The molecular weight excluding hydrogens is 292 g/mol. The number of rotatable bonds is 8. The average Bonchev–Trinajstić information content (AvgIpc) is 2.42. The molecule has 0 aromatic heterocycles. The van der Waals surface area contributed by atoms with E-state index in [4.69, 9.17) is 4.74 Å². The zero-order valence-corrected chi connectivity index (χ0v) is 14.8. The molecular formula is C18H28N2O3. The third kappa shape index (κ3) is 7.68. The lowest BCUT2D eigenvalue weighted by atomic mass is 10.1. The smallest absolute Gasteiger partial charge is 0.260 e. The highest BCUT2D eigenvalue weighted by molar-refractivity contribution is 5.88. The van der Waals surface area contributed by atoms with Gasteiger partial charge in [0, 0.05) is 31.8 Å². The van der Waals surface area contributed by atoms with Crippen LogP contribution in [0.25, 0.3) is 0 Å². The van der Waals surface area contributed by atoms with Crippen molar-refractivity contribution in [2.24, 2.45) is 11.8 Å². The van der Waals surface area contributed by atoms with E-state index in [-0.39, 0.29) is 18.4 Å². The van der Waals surface area contributed by atoms with Gasteiger partial charge in [-0.3, -0.25) is 9.59 Å². The molecule has 0 bridgehead atoms. The summed E-state index contributed by atoms with van der Waals surface area (Å²) < 4.78 is 5.59. The third-order valence-electron chi connectivity index (χ3n) is 3.04. The molecule has 1 rings (SSSR count). The van der Waals surface area contributed by atoms with Gasteiger partial charge in [0.1, 0.15) is 5.75 Å². The van der Waals surface area contributed by atoms with Gasteiger partial charge in [0.15, 0.2) is 6.61 Å². The average molecular weight is 320 g/mol. The predicted molar refractivity (Wildman–Crippen MR) is 92.5 cm³/mol. The SMILES string of the molecule is CC(=O)Nc1cccc(OCC(=O)N(CC(C)C)CC(C)C)c1. The van der Waals surface area contributed by atoms with Gasteiger partial charge >= 0.3 is 0 Å². The van der Waals surface area contributed by atoms with Crippen LogP contribution in [-0.4, -0.2) is 36.4 Å². The van der Waals surface area contributed by atoms with Crippen LogP contribution in [0.15, 0.2) is 24.3 Å². The van der Waals surface area contributed by atoms with Crippen LogP contribution in [0.5, 0.6) is 5.75 Å². The minimum Gasteiger partial charge on any atom is -0.484 e. The number of nitrogens with one attached hydrogen (secondary N) is 1. The van der Waals surface area contributed by atoms with Crippen LogP contribution in [0.2, 0.25) is 0 Å². The van der Waals surface area contributed by atoms with E-state index in [1.807, 2.05) is 4.90 Å². The second-order valence-electron chi connectivity index (χ2n) is 6.58. The van der Waals surface area contributed by atoms with Gasteiger partial charge in [0.05, 0.1) is 0 Å². The van der Waals surface area contributed by atoms with Crippen molar-refractivity contribution in [3.05, 3.63) is 24.3 Å².